The molecule has 6 nitrogen and oxygen atoms in total. The average molecular weight is 379 g/mol. The van der Waals surface area contributed by atoms with Gasteiger partial charge in [0.05, 0.1) is 17.7 Å². The summed E-state index contributed by atoms with van der Waals surface area (Å²) >= 11 is 0. The molecule has 1 saturated heterocycles. The fraction of sp³-hybridized carbons (Fsp3) is 0.286. The quantitative estimate of drug-likeness (QED) is 0.757. The first-order valence-electron chi connectivity index (χ1n) is 9.38. The van der Waals surface area contributed by atoms with Gasteiger partial charge in [0.25, 0.3) is 0 Å². The molecule has 1 aromatic carbocycles. The number of benzene rings is 1. The molecule has 28 heavy (non-hydrogen) atoms. The van der Waals surface area contributed by atoms with E-state index in [1.54, 1.807) is 30.9 Å². The van der Waals surface area contributed by atoms with E-state index in [2.05, 4.69) is 15.3 Å². The molecule has 1 aliphatic rings. The molecule has 2 aromatic heterocycles. The number of nitrogens with one attached hydrogen (secondary N) is 1. The van der Waals surface area contributed by atoms with Gasteiger partial charge in [0.2, 0.25) is 5.91 Å². The Morgan fingerprint density at radius 3 is 2.43 bits per heavy atom. The number of nitrogens with zero attached hydrogens (tertiary/aromatic N) is 4. The number of aromatic nitrogens is 3. The Balaban J connectivity index is 1.77. The summed E-state index contributed by atoms with van der Waals surface area (Å²) < 4.78 is 15.3. The van der Waals surface area contributed by atoms with Gasteiger partial charge in [-0.3, -0.25) is 9.78 Å². The highest BCUT2D eigenvalue weighted by molar-refractivity contribution is 5.84. The predicted octanol–water partition coefficient (Wildman–Crippen LogP) is 2.74. The molecular weight excluding hydrogens is 357 g/mol. The topological polar surface area (TPSA) is 63.1 Å². The molecule has 144 valence electrons. The van der Waals surface area contributed by atoms with Crippen LogP contribution in [0.5, 0.6) is 0 Å². The van der Waals surface area contributed by atoms with E-state index >= 15 is 0 Å². The van der Waals surface area contributed by atoms with Gasteiger partial charge >= 0.3 is 0 Å². The van der Waals surface area contributed by atoms with Crippen LogP contribution in [0.2, 0.25) is 0 Å². The van der Waals surface area contributed by atoms with Gasteiger partial charge in [-0.2, -0.15) is 0 Å². The molecule has 1 amide bonds. The third kappa shape index (κ3) is 3.53. The molecule has 0 aliphatic carbocycles. The SMILES string of the molecule is CC(C(=O)N1CCNCC1)n1cnc(-c2ccc(F)cc2)c1-c1ccncc1. The first-order valence-corrected chi connectivity index (χ1v) is 9.38. The lowest BCUT2D eigenvalue weighted by Crippen LogP contribution is -2.48. The Bertz CT molecular complexity index is 949. The normalized spacial score (nSPS) is 15.4. The summed E-state index contributed by atoms with van der Waals surface area (Å²) in [7, 11) is 0. The van der Waals surface area contributed by atoms with Crippen LogP contribution < -0.4 is 5.32 Å². The van der Waals surface area contributed by atoms with Crippen LogP contribution >= 0.6 is 0 Å². The lowest BCUT2D eigenvalue weighted by Gasteiger charge is -2.30. The highest BCUT2D eigenvalue weighted by Gasteiger charge is 2.27. The molecule has 1 fully saturated rings. The first-order chi connectivity index (χ1) is 13.6. The molecule has 1 unspecified atom stereocenters. The van der Waals surface area contributed by atoms with Crippen molar-refractivity contribution in [3.05, 3.63) is 60.9 Å². The van der Waals surface area contributed by atoms with Gasteiger partial charge in [-0.15, -0.1) is 0 Å². The third-order valence-corrected chi connectivity index (χ3v) is 5.07. The van der Waals surface area contributed by atoms with Gasteiger partial charge in [0.1, 0.15) is 11.9 Å². The molecule has 3 heterocycles. The van der Waals surface area contributed by atoms with E-state index in [9.17, 15) is 9.18 Å². The van der Waals surface area contributed by atoms with Crippen molar-refractivity contribution in [2.75, 3.05) is 26.2 Å². The van der Waals surface area contributed by atoms with Crippen molar-refractivity contribution in [1.29, 1.82) is 0 Å². The number of imidazole rings is 1. The van der Waals surface area contributed by atoms with E-state index in [0.717, 1.165) is 29.9 Å². The van der Waals surface area contributed by atoms with Crippen LogP contribution in [0.3, 0.4) is 0 Å². The zero-order valence-corrected chi connectivity index (χ0v) is 15.7. The minimum atomic E-state index is -0.400. The summed E-state index contributed by atoms with van der Waals surface area (Å²) in [6, 6.07) is 9.62. The van der Waals surface area contributed by atoms with Gasteiger partial charge in [-0.05, 0) is 43.3 Å². The summed E-state index contributed by atoms with van der Waals surface area (Å²) in [4.78, 5) is 23.6. The van der Waals surface area contributed by atoms with Crippen molar-refractivity contribution in [2.45, 2.75) is 13.0 Å². The zero-order valence-electron chi connectivity index (χ0n) is 15.7. The van der Waals surface area contributed by atoms with Crippen LogP contribution in [0.25, 0.3) is 22.5 Å². The summed E-state index contributed by atoms with van der Waals surface area (Å²) in [5.74, 6) is -0.226. The average Bonchev–Trinajstić information content (AvgIpc) is 3.19. The molecule has 4 rings (SSSR count). The molecule has 0 saturated carbocycles. The Morgan fingerprint density at radius 1 is 1.07 bits per heavy atom. The summed E-state index contributed by atoms with van der Waals surface area (Å²) in [6.45, 7) is 4.91. The number of amides is 1. The molecule has 0 radical (unpaired) electrons. The Labute approximate surface area is 163 Å². The monoisotopic (exact) mass is 379 g/mol. The van der Waals surface area contributed by atoms with Crippen LogP contribution in [0.15, 0.2) is 55.1 Å². The maximum absolute atomic E-state index is 13.4. The smallest absolute Gasteiger partial charge is 0.245 e. The second kappa shape index (κ2) is 7.90. The number of pyridine rings is 1. The number of carbonyl (C=O) groups is 1. The van der Waals surface area contributed by atoms with E-state index in [4.69, 9.17) is 0 Å². The second-order valence-corrected chi connectivity index (χ2v) is 6.84. The highest BCUT2D eigenvalue weighted by atomic mass is 19.1. The van der Waals surface area contributed by atoms with Gasteiger partial charge in [0.15, 0.2) is 0 Å². The van der Waals surface area contributed by atoms with Gasteiger partial charge in [-0.25, -0.2) is 9.37 Å². The van der Waals surface area contributed by atoms with Crippen LogP contribution in [0.4, 0.5) is 4.39 Å². The molecule has 0 spiro atoms. The largest absolute Gasteiger partial charge is 0.338 e. The third-order valence-electron chi connectivity index (χ3n) is 5.07. The minimum Gasteiger partial charge on any atom is -0.338 e. The molecular formula is C21H22FN5O. The molecule has 1 atom stereocenters. The maximum atomic E-state index is 13.4. The maximum Gasteiger partial charge on any atom is 0.245 e. The van der Waals surface area contributed by atoms with Crippen molar-refractivity contribution < 1.29 is 9.18 Å². The number of carbonyl (C=O) groups excluding carboxylic acids is 1. The van der Waals surface area contributed by atoms with Crippen LogP contribution in [-0.2, 0) is 4.79 Å². The lowest BCUT2D eigenvalue weighted by atomic mass is 10.0. The van der Waals surface area contributed by atoms with E-state index in [0.29, 0.717) is 18.8 Å². The van der Waals surface area contributed by atoms with Crippen LogP contribution in [0.1, 0.15) is 13.0 Å². The van der Waals surface area contributed by atoms with E-state index in [1.807, 2.05) is 28.5 Å². The Morgan fingerprint density at radius 2 is 1.75 bits per heavy atom. The van der Waals surface area contributed by atoms with E-state index < -0.39 is 6.04 Å². The number of hydrogen-bond acceptors (Lipinski definition) is 4. The Kier molecular flexibility index (Phi) is 5.16. The zero-order chi connectivity index (χ0) is 19.5. The van der Waals surface area contributed by atoms with Crippen LogP contribution in [0, 0.1) is 5.82 Å². The van der Waals surface area contributed by atoms with E-state index in [-0.39, 0.29) is 11.7 Å². The fourth-order valence-electron chi connectivity index (χ4n) is 3.54. The van der Waals surface area contributed by atoms with Crippen LogP contribution in [-0.4, -0.2) is 51.5 Å². The van der Waals surface area contributed by atoms with E-state index in [1.165, 1.54) is 12.1 Å². The van der Waals surface area contributed by atoms with Crippen molar-refractivity contribution in [3.8, 4) is 22.5 Å². The number of hydrogen-bond donors (Lipinski definition) is 1. The standard InChI is InChI=1S/C21H22FN5O/c1-15(21(28)26-12-10-24-11-13-26)27-14-25-19(16-2-4-18(22)5-3-16)20(27)17-6-8-23-9-7-17/h2-9,14-15,24H,10-13H2,1H3. The van der Waals surface area contributed by atoms with Crippen molar-refractivity contribution in [2.24, 2.45) is 0 Å². The molecule has 1 N–H and O–H groups in total. The van der Waals surface area contributed by atoms with Gasteiger partial charge in [0, 0.05) is 49.7 Å². The van der Waals surface area contributed by atoms with Gasteiger partial charge in [-0.1, -0.05) is 0 Å². The number of rotatable bonds is 4. The molecule has 7 heteroatoms. The predicted molar refractivity (Wildman–Crippen MR) is 105 cm³/mol. The first kappa shape index (κ1) is 18.3. The molecule has 0 bridgehead atoms. The molecule has 3 aromatic rings. The lowest BCUT2D eigenvalue weighted by molar-refractivity contribution is -0.134. The fourth-order valence-corrected chi connectivity index (χ4v) is 3.54. The van der Waals surface area contributed by atoms with Crippen molar-refractivity contribution >= 4 is 5.91 Å². The second-order valence-electron chi connectivity index (χ2n) is 6.84. The number of piperazine rings is 1. The Hall–Kier alpha value is -3.06. The molecule has 1 aliphatic heterocycles. The highest BCUT2D eigenvalue weighted by Crippen LogP contribution is 2.33. The summed E-state index contributed by atoms with van der Waals surface area (Å²) in [5.41, 5.74) is 3.25. The summed E-state index contributed by atoms with van der Waals surface area (Å²) in [6.07, 6.45) is 5.12. The number of halogens is 1. The van der Waals surface area contributed by atoms with Crippen molar-refractivity contribution in [1.82, 2.24) is 24.8 Å². The summed E-state index contributed by atoms with van der Waals surface area (Å²) in [5, 5.41) is 3.27. The minimum absolute atomic E-state index is 0.0693. The van der Waals surface area contributed by atoms with Gasteiger partial charge < -0.3 is 14.8 Å². The van der Waals surface area contributed by atoms with Crippen molar-refractivity contribution in [3.63, 3.8) is 0 Å².